The van der Waals surface area contributed by atoms with E-state index in [9.17, 15) is 0 Å². The van der Waals surface area contributed by atoms with Crippen LogP contribution in [0.5, 0.6) is 11.5 Å². The van der Waals surface area contributed by atoms with Gasteiger partial charge in [0, 0.05) is 40.4 Å². The summed E-state index contributed by atoms with van der Waals surface area (Å²) in [4.78, 5) is 4.85. The molecule has 6 heteroatoms. The maximum absolute atomic E-state index is 6.75. The summed E-state index contributed by atoms with van der Waals surface area (Å²) in [6.07, 6.45) is 11.0. The molecule has 0 aliphatic heterocycles. The Morgan fingerprint density at radius 3 is 2.44 bits per heavy atom. The molecule has 1 aliphatic rings. The van der Waals surface area contributed by atoms with Crippen LogP contribution in [0.15, 0.2) is 78.5 Å². The zero-order chi connectivity index (χ0) is 37.4. The molecule has 0 fully saturated rings. The van der Waals surface area contributed by atoms with Gasteiger partial charge < -0.3 is 9.30 Å². The topological polar surface area (TPSA) is 44.9 Å². The normalized spacial score (nSPS) is 17.4. The zero-order valence-corrected chi connectivity index (χ0v) is 35.8. The fraction of sp³-hybridized carbons (Fsp3) is 0.417. The van der Waals surface area contributed by atoms with Gasteiger partial charge in [-0.15, -0.1) is 41.3 Å². The summed E-state index contributed by atoms with van der Waals surface area (Å²) < 4.78 is 11.2. The number of unbranched alkanes of at least 4 members (excludes halogenated alkanes) is 1. The largest absolute Gasteiger partial charge is 2.00 e. The van der Waals surface area contributed by atoms with E-state index >= 15 is 0 Å². The molecule has 0 spiro atoms. The van der Waals surface area contributed by atoms with E-state index in [2.05, 4.69) is 144 Å². The van der Waals surface area contributed by atoms with E-state index in [0.717, 1.165) is 65.7 Å². The first kappa shape index (κ1) is 39.7. The number of ether oxygens (including phenoxy) is 1. The predicted octanol–water partition coefficient (Wildman–Crippen LogP) is 12.8. The maximum Gasteiger partial charge on any atom is 2.00 e. The van der Waals surface area contributed by atoms with Crippen LogP contribution in [0.4, 0.5) is 0 Å². The summed E-state index contributed by atoms with van der Waals surface area (Å²) in [6, 6.07) is 28.8. The van der Waals surface area contributed by atoms with Crippen LogP contribution in [0.2, 0.25) is 0 Å². The van der Waals surface area contributed by atoms with E-state index in [1.54, 1.807) is 0 Å². The standard InChI is InChI=1S/C48H56N4O.Pt/c1-10-11-14-36-21-22-49-46(25-36)51-43-16-13-12-15-41(43)42-19-18-39(29-45(42)51)53-40-27-37(31(4)5)26-38(28-40)52-44(20-17-30(2)3)48(35(9)50-52)47-33(7)23-32(6)24-34(47)8;/h12-13,15-16,18-19,21-23,25-27,30-32,34,47H,10-11,14,17,20,24H2,1-9H3;/q-2;+2/t32-,34-,47?;/m0./s1. The SMILES string of the molecule is CCCCc1ccnc(-n2c3[c-]c(Oc4[c-]c(-n5nc(C)c(C6C(C)=C[C@H](C)C[C@@H]6C)c5CCC(C)C)cc(C(C)C)c4)ccc3c3ccccc32)c1.[Pt+2]. The molecule has 1 unspecified atom stereocenters. The third kappa shape index (κ3) is 8.04. The molecule has 0 bridgehead atoms. The number of aromatic nitrogens is 4. The Hall–Kier alpha value is -3.95. The fourth-order valence-corrected chi connectivity index (χ4v) is 8.62. The summed E-state index contributed by atoms with van der Waals surface area (Å²) in [5.41, 5.74) is 10.8. The summed E-state index contributed by atoms with van der Waals surface area (Å²) in [7, 11) is 0. The Morgan fingerprint density at radius 2 is 1.70 bits per heavy atom. The maximum atomic E-state index is 6.75. The third-order valence-electron chi connectivity index (χ3n) is 11.2. The van der Waals surface area contributed by atoms with E-state index in [-0.39, 0.29) is 21.1 Å². The van der Waals surface area contributed by atoms with Crippen molar-refractivity contribution in [1.29, 1.82) is 0 Å². The molecule has 0 amide bonds. The molecule has 0 N–H and O–H groups in total. The molecular formula is C48H56N4OPt. The summed E-state index contributed by atoms with van der Waals surface area (Å²) in [5.74, 6) is 4.65. The van der Waals surface area contributed by atoms with E-state index in [0.29, 0.717) is 41.1 Å². The van der Waals surface area contributed by atoms with E-state index in [1.165, 1.54) is 39.8 Å². The number of pyridine rings is 1. The second-order valence-corrected chi connectivity index (χ2v) is 16.4. The Morgan fingerprint density at radius 1 is 0.907 bits per heavy atom. The van der Waals surface area contributed by atoms with Gasteiger partial charge in [-0.1, -0.05) is 90.3 Å². The first-order valence-electron chi connectivity index (χ1n) is 19.9. The molecule has 3 aromatic carbocycles. The van der Waals surface area contributed by atoms with Crippen molar-refractivity contribution in [3.05, 3.63) is 119 Å². The zero-order valence-electron chi connectivity index (χ0n) is 33.6. The second kappa shape index (κ2) is 16.8. The van der Waals surface area contributed by atoms with E-state index < -0.39 is 0 Å². The van der Waals surface area contributed by atoms with Crippen molar-refractivity contribution in [1.82, 2.24) is 19.3 Å². The molecular weight excluding hydrogens is 844 g/mol. The number of allylic oxidation sites excluding steroid dienone is 2. The molecule has 54 heavy (non-hydrogen) atoms. The van der Waals surface area contributed by atoms with Crippen LogP contribution >= 0.6 is 0 Å². The van der Waals surface area contributed by atoms with Crippen molar-refractivity contribution in [2.75, 3.05) is 0 Å². The van der Waals surface area contributed by atoms with Crippen LogP contribution in [-0.2, 0) is 33.9 Å². The van der Waals surface area contributed by atoms with Crippen molar-refractivity contribution in [3.63, 3.8) is 0 Å². The Labute approximate surface area is 337 Å². The molecule has 3 atom stereocenters. The van der Waals surface area contributed by atoms with Crippen molar-refractivity contribution in [2.45, 2.75) is 113 Å². The van der Waals surface area contributed by atoms with Crippen LogP contribution in [0.25, 0.3) is 33.3 Å². The van der Waals surface area contributed by atoms with Crippen LogP contribution in [-0.4, -0.2) is 19.3 Å². The smallest absolute Gasteiger partial charge is 0.509 e. The van der Waals surface area contributed by atoms with Gasteiger partial charge >= 0.3 is 21.1 Å². The number of aryl methyl sites for hydroxylation is 2. The van der Waals surface area contributed by atoms with Gasteiger partial charge in [-0.3, -0.25) is 4.68 Å². The number of hydrogen-bond donors (Lipinski definition) is 0. The quantitative estimate of drug-likeness (QED) is 0.0908. The Bertz CT molecular complexity index is 2270. The number of para-hydroxylation sites is 1. The second-order valence-electron chi connectivity index (χ2n) is 16.4. The molecule has 0 saturated carbocycles. The van der Waals surface area contributed by atoms with Crippen molar-refractivity contribution in [2.24, 2.45) is 17.8 Å². The van der Waals surface area contributed by atoms with Gasteiger partial charge in [0.05, 0.1) is 5.69 Å². The van der Waals surface area contributed by atoms with E-state index in [4.69, 9.17) is 14.8 Å². The number of fused-ring (bicyclic) bond motifs is 3. The molecule has 284 valence electrons. The average molecular weight is 900 g/mol. The Balaban J connectivity index is 0.00000497. The van der Waals surface area contributed by atoms with Crippen LogP contribution in [0, 0.1) is 36.8 Å². The summed E-state index contributed by atoms with van der Waals surface area (Å²) >= 11 is 0. The molecule has 5 nitrogen and oxygen atoms in total. The molecule has 0 saturated heterocycles. The molecule has 3 aromatic heterocycles. The first-order chi connectivity index (χ1) is 25.5. The minimum Gasteiger partial charge on any atom is -0.509 e. The fourth-order valence-electron chi connectivity index (χ4n) is 8.62. The minimum atomic E-state index is 0. The molecule has 0 radical (unpaired) electrons. The minimum absolute atomic E-state index is 0. The van der Waals surface area contributed by atoms with Gasteiger partial charge in [-0.25, -0.2) is 4.98 Å². The van der Waals surface area contributed by atoms with Crippen LogP contribution in [0.1, 0.15) is 121 Å². The number of benzene rings is 3. The van der Waals surface area contributed by atoms with Gasteiger partial charge in [0.25, 0.3) is 0 Å². The average Bonchev–Trinajstić information content (AvgIpc) is 3.63. The van der Waals surface area contributed by atoms with Crippen LogP contribution < -0.4 is 4.74 Å². The monoisotopic (exact) mass is 899 g/mol. The molecule has 7 rings (SSSR count). The van der Waals surface area contributed by atoms with Gasteiger partial charge in [0.1, 0.15) is 5.82 Å². The van der Waals surface area contributed by atoms with Gasteiger partial charge in [-0.05, 0) is 104 Å². The molecule has 3 heterocycles. The van der Waals surface area contributed by atoms with Crippen molar-refractivity contribution < 1.29 is 25.8 Å². The number of nitrogens with zero attached hydrogens (tertiary/aromatic N) is 4. The summed E-state index contributed by atoms with van der Waals surface area (Å²) in [6.45, 7) is 20.6. The van der Waals surface area contributed by atoms with Crippen molar-refractivity contribution >= 4 is 21.8 Å². The third-order valence-corrected chi connectivity index (χ3v) is 11.2. The number of rotatable bonds is 12. The Kier molecular flexibility index (Phi) is 12.4. The first-order valence-corrected chi connectivity index (χ1v) is 19.9. The van der Waals surface area contributed by atoms with E-state index in [1.807, 2.05) is 12.3 Å². The van der Waals surface area contributed by atoms with Crippen LogP contribution in [0.3, 0.4) is 0 Å². The number of hydrogen-bond acceptors (Lipinski definition) is 3. The van der Waals surface area contributed by atoms with Gasteiger partial charge in [-0.2, -0.15) is 11.2 Å². The molecule has 1 aliphatic carbocycles. The molecule has 6 aromatic rings. The van der Waals surface area contributed by atoms with Gasteiger partial charge in [0.2, 0.25) is 0 Å². The van der Waals surface area contributed by atoms with Gasteiger partial charge in [0.15, 0.2) is 0 Å². The predicted molar refractivity (Wildman–Crippen MR) is 220 cm³/mol. The van der Waals surface area contributed by atoms with Crippen molar-refractivity contribution in [3.8, 4) is 23.0 Å². The summed E-state index contributed by atoms with van der Waals surface area (Å²) in [5, 5.41) is 7.59.